The quantitative estimate of drug-likeness (QED) is 0.0423. The van der Waals surface area contributed by atoms with Crippen molar-refractivity contribution in [2.75, 3.05) is 49.4 Å². The minimum absolute atomic E-state index is 0. The molecule has 0 fully saturated rings. The third-order valence-electron chi connectivity index (χ3n) is 13.1. The van der Waals surface area contributed by atoms with Crippen LogP contribution in [0.25, 0.3) is 0 Å². The molecule has 1 aliphatic carbocycles. The summed E-state index contributed by atoms with van der Waals surface area (Å²) in [4.78, 5) is 0. The van der Waals surface area contributed by atoms with Gasteiger partial charge in [0.15, 0.2) is 0 Å². The summed E-state index contributed by atoms with van der Waals surface area (Å²) in [6.07, 6.45) is 0.156. The fourth-order valence-corrected chi connectivity index (χ4v) is 10.9. The molecule has 4 aromatic carbocycles. The Hall–Kier alpha value is -0.280. The first-order chi connectivity index (χ1) is 34.7. The van der Waals surface area contributed by atoms with Gasteiger partial charge in [-0.15, -0.1) is 0 Å². The summed E-state index contributed by atoms with van der Waals surface area (Å²) in [6, 6.07) is 16.2. The Morgan fingerprint density at radius 3 is 0.562 bits per heavy atom. The Kier molecular flexibility index (Phi) is 30.2. The van der Waals surface area contributed by atoms with Crippen molar-refractivity contribution < 1.29 is 189 Å². The molecule has 0 unspecified atom stereocenters. The van der Waals surface area contributed by atoms with Gasteiger partial charge in [0.25, 0.3) is 0 Å². The van der Waals surface area contributed by atoms with Crippen LogP contribution in [-0.2, 0) is 87.8 Å². The van der Waals surface area contributed by atoms with Crippen molar-refractivity contribution in [1.29, 1.82) is 0 Å². The molecule has 0 amide bonds. The van der Waals surface area contributed by atoms with Crippen LogP contribution in [0.3, 0.4) is 0 Å². The molecule has 0 spiro atoms. The van der Waals surface area contributed by atoms with E-state index in [1.165, 1.54) is 0 Å². The average molecular weight is 1230 g/mol. The van der Waals surface area contributed by atoms with E-state index in [1.807, 2.05) is 48.5 Å². The predicted molar refractivity (Wildman–Crippen MR) is 290 cm³/mol. The van der Waals surface area contributed by atoms with Crippen LogP contribution >= 0.6 is 0 Å². The van der Waals surface area contributed by atoms with Gasteiger partial charge in [-0.2, -0.15) is 0 Å². The zero-order chi connectivity index (χ0) is 57.0. The van der Waals surface area contributed by atoms with Gasteiger partial charge in [0, 0.05) is 48.7 Å². The number of hydrogen-bond acceptors (Lipinski definition) is 16. The van der Waals surface area contributed by atoms with E-state index in [2.05, 4.69) is 83.1 Å². The minimum atomic E-state index is -4.59. The third-order valence-corrected chi connectivity index (χ3v) is 16.3. The molecule has 0 saturated carbocycles. The van der Waals surface area contributed by atoms with Crippen molar-refractivity contribution in [1.82, 2.24) is 0 Å². The number of rotatable bonds is 20. The monoisotopic (exact) mass is 1220 g/mol. The van der Waals surface area contributed by atoms with Gasteiger partial charge in [-0.25, -0.2) is 33.7 Å². The van der Waals surface area contributed by atoms with Crippen molar-refractivity contribution in [3.8, 4) is 23.0 Å². The van der Waals surface area contributed by atoms with Crippen LogP contribution in [-0.4, -0.2) is 101 Å². The van der Waals surface area contributed by atoms with E-state index < -0.39 is 85.1 Å². The summed E-state index contributed by atoms with van der Waals surface area (Å²) >= 11 is 0. The van der Waals surface area contributed by atoms with Crippen molar-refractivity contribution in [2.45, 2.75) is 156 Å². The first-order valence-electron chi connectivity index (χ1n) is 25.6. The number of ether oxygens (including phenoxy) is 4. The van der Waals surface area contributed by atoms with E-state index >= 15 is 0 Å². The van der Waals surface area contributed by atoms with Crippen LogP contribution in [0, 0.1) is 0 Å². The minimum Gasteiger partial charge on any atom is -0.748 e. The molecule has 4 aromatic rings. The molecule has 0 N–H and O–H groups in total. The first-order valence-corrected chi connectivity index (χ1v) is 31.9. The average Bonchev–Trinajstić information content (AvgIpc) is 3.23. The van der Waals surface area contributed by atoms with E-state index in [-0.39, 0.29) is 196 Å². The van der Waals surface area contributed by atoms with Crippen LogP contribution in [0.15, 0.2) is 48.5 Å². The van der Waals surface area contributed by atoms with E-state index in [4.69, 9.17) is 18.9 Å². The maximum Gasteiger partial charge on any atom is 1.00 e. The standard InChI is InChI=1S/C56H80O16S4.4Na/c1-53(2,3)45-29-37-25-39-31-46(54(4,5)6)33-41(50(39)70-18-14-22-74(60,61)62)27-43-35-48(56(10,11)12)36-44(52(43)72-20-16-24-76(66,67)68)28-42-34-47(55(7,8)9)32-40(51(42)71-19-15-23-75(63,64)65)26-38(30-45)49(37)69-17-13-21-73(57,58)59;;;;/h29-36H,13-28H2,1-12H3,(H,57,58,59)(H,60,61,62)(H,63,64,65)(H,66,67,68);;;;/q;4*+1/p-4. The second-order valence-corrected chi connectivity index (χ2v) is 30.2. The predicted octanol–water partition coefficient (Wildman–Crippen LogP) is -3.17. The van der Waals surface area contributed by atoms with Gasteiger partial charge in [-0.05, 0) is 114 Å². The topological polar surface area (TPSA) is 266 Å². The first kappa shape index (κ1) is 77.7. The van der Waals surface area contributed by atoms with Crippen LogP contribution in [0.2, 0.25) is 0 Å². The summed E-state index contributed by atoms with van der Waals surface area (Å²) in [6.45, 7) is 24.2. The second kappa shape index (κ2) is 31.1. The van der Waals surface area contributed by atoms with Crippen molar-refractivity contribution in [3.05, 3.63) is 115 Å². The molecule has 0 saturated heterocycles. The van der Waals surface area contributed by atoms with E-state index in [1.54, 1.807) is 0 Å². The zero-order valence-electron chi connectivity index (χ0n) is 50.1. The van der Waals surface area contributed by atoms with Gasteiger partial charge in [-0.1, -0.05) is 132 Å². The number of fused-ring (bicyclic) bond motifs is 8. The van der Waals surface area contributed by atoms with Crippen LogP contribution in [0.5, 0.6) is 23.0 Å². The van der Waals surface area contributed by atoms with E-state index in [0.29, 0.717) is 67.5 Å². The fourth-order valence-electron chi connectivity index (χ4n) is 9.00. The number of benzene rings is 4. The molecule has 24 heteroatoms. The molecule has 0 aliphatic heterocycles. The molecule has 424 valence electrons. The molecule has 5 rings (SSSR count). The van der Waals surface area contributed by atoms with Gasteiger partial charge in [0.2, 0.25) is 0 Å². The molecule has 0 heterocycles. The van der Waals surface area contributed by atoms with E-state index in [0.717, 1.165) is 22.3 Å². The van der Waals surface area contributed by atoms with Crippen LogP contribution < -0.4 is 137 Å². The molecule has 1 aliphatic rings. The normalized spacial score (nSPS) is 13.4. The van der Waals surface area contributed by atoms with Gasteiger partial charge in [-0.3, -0.25) is 0 Å². The maximum absolute atomic E-state index is 11.9. The molecule has 0 aromatic heterocycles. The van der Waals surface area contributed by atoms with E-state index in [9.17, 15) is 51.9 Å². The van der Waals surface area contributed by atoms with Crippen LogP contribution in [0.1, 0.15) is 176 Å². The maximum atomic E-state index is 11.9. The SMILES string of the molecule is CC(C)(C)c1cc2c(OCCCS(=O)(=O)[O-])c(c1)Cc1cc(C(C)(C)C)cc(c1OCCCS(=O)(=O)[O-])Cc1cc(C(C)(C)C)cc(c1OCCCS(=O)(=O)[O-])Cc1cc(C(C)(C)C)cc(c1OCCCS(=O)(=O)[O-])C2.[Na+].[Na+].[Na+].[Na+]. The molecule has 0 radical (unpaired) electrons. The summed E-state index contributed by atoms with van der Waals surface area (Å²) in [5, 5.41) is 0. The van der Waals surface area contributed by atoms with Gasteiger partial charge >= 0.3 is 118 Å². The smallest absolute Gasteiger partial charge is 0.748 e. The summed E-state index contributed by atoms with van der Waals surface area (Å²) in [5.74, 6) is -1.01. The Labute approximate surface area is 566 Å². The number of hydrogen-bond donors (Lipinski definition) is 0. The van der Waals surface area contributed by atoms with Gasteiger partial charge in [0.05, 0.1) is 66.9 Å². The Morgan fingerprint density at radius 1 is 0.312 bits per heavy atom. The third kappa shape index (κ3) is 24.8. The fraction of sp³-hybridized carbons (Fsp3) is 0.571. The molecule has 0 atom stereocenters. The van der Waals surface area contributed by atoms with Gasteiger partial charge < -0.3 is 37.2 Å². The Morgan fingerprint density at radius 2 is 0.450 bits per heavy atom. The zero-order valence-corrected chi connectivity index (χ0v) is 61.4. The summed E-state index contributed by atoms with van der Waals surface area (Å²) < 4.78 is 169. The van der Waals surface area contributed by atoms with Crippen molar-refractivity contribution in [2.24, 2.45) is 0 Å². The molecule has 80 heavy (non-hydrogen) atoms. The Bertz CT molecular complexity index is 2690. The molecule has 16 nitrogen and oxygen atoms in total. The summed E-state index contributed by atoms with van der Waals surface area (Å²) in [5.41, 5.74) is 7.23. The largest absolute Gasteiger partial charge is 1.00 e. The van der Waals surface area contributed by atoms with Crippen molar-refractivity contribution in [3.63, 3.8) is 0 Å². The Balaban J connectivity index is 0.00000800. The molecular weight excluding hydrogens is 1150 g/mol. The van der Waals surface area contributed by atoms with Crippen LogP contribution in [0.4, 0.5) is 0 Å². The van der Waals surface area contributed by atoms with Crippen molar-refractivity contribution >= 4 is 40.5 Å². The molecular formula is C56H76Na4O16S4. The van der Waals surface area contributed by atoms with Gasteiger partial charge in [0.1, 0.15) is 23.0 Å². The second-order valence-electron chi connectivity index (χ2n) is 24.1. The molecule has 8 bridgehead atoms. The summed E-state index contributed by atoms with van der Waals surface area (Å²) in [7, 11) is -18.4.